The molecule has 0 aliphatic heterocycles. The van der Waals surface area contributed by atoms with Crippen LogP contribution in [0, 0.1) is 5.92 Å². The van der Waals surface area contributed by atoms with Crippen molar-refractivity contribution in [3.63, 3.8) is 0 Å². The molecular weight excluding hydrogens is 210 g/mol. The van der Waals surface area contributed by atoms with Gasteiger partial charge in [-0.25, -0.2) is 0 Å². The van der Waals surface area contributed by atoms with Crippen LogP contribution >= 0.6 is 0 Å². The lowest BCUT2D eigenvalue weighted by molar-refractivity contribution is 0.521. The Hall–Kier alpha value is -0.870. The van der Waals surface area contributed by atoms with Crippen molar-refractivity contribution in [3.8, 4) is 0 Å². The molecule has 0 fully saturated rings. The number of rotatable bonds is 4. The van der Waals surface area contributed by atoms with Crippen LogP contribution in [0.15, 0.2) is 30.3 Å². The highest BCUT2D eigenvalue weighted by atomic mass is 32.2. The number of sulfonamides is 1. The van der Waals surface area contributed by atoms with Crippen molar-refractivity contribution in [3.05, 3.63) is 30.3 Å². The summed E-state index contributed by atoms with van der Waals surface area (Å²) in [5, 5.41) is 0. The maximum atomic E-state index is 11.6. The Labute approximate surface area is 91.8 Å². The Kier molecular flexibility index (Phi) is 3.88. The Morgan fingerprint density at radius 2 is 1.73 bits per heavy atom. The SMILES string of the molecule is CC(C)C[N+](c1ccccc1)S(C)(=O)=O. The van der Waals surface area contributed by atoms with Crippen LogP contribution in [-0.4, -0.2) is 21.2 Å². The van der Waals surface area contributed by atoms with Gasteiger partial charge in [-0.15, -0.1) is 0 Å². The van der Waals surface area contributed by atoms with Gasteiger partial charge < -0.3 is 0 Å². The van der Waals surface area contributed by atoms with Gasteiger partial charge in [0.1, 0.15) is 6.54 Å². The highest BCUT2D eigenvalue weighted by Crippen LogP contribution is 2.17. The quantitative estimate of drug-likeness (QED) is 0.739. The fraction of sp³-hybridized carbons (Fsp3) is 0.455. The molecule has 0 spiro atoms. The number of anilines is 1. The van der Waals surface area contributed by atoms with Gasteiger partial charge in [0.05, 0.1) is 6.26 Å². The molecule has 0 aliphatic carbocycles. The molecule has 0 atom stereocenters. The van der Waals surface area contributed by atoms with E-state index in [1.807, 2.05) is 44.2 Å². The van der Waals surface area contributed by atoms with Crippen molar-refractivity contribution in [2.45, 2.75) is 13.8 Å². The molecular formula is C11H17NO2S+. The van der Waals surface area contributed by atoms with E-state index in [9.17, 15) is 8.42 Å². The van der Waals surface area contributed by atoms with Gasteiger partial charge in [-0.1, -0.05) is 32.0 Å². The molecule has 1 rings (SSSR count). The topological polar surface area (TPSA) is 40.0 Å². The number of nitrogens with zero attached hydrogens (tertiary/aromatic N) is 1. The minimum Gasteiger partial charge on any atom is -0.168 e. The maximum Gasteiger partial charge on any atom is 0.344 e. The van der Waals surface area contributed by atoms with E-state index < -0.39 is 10.0 Å². The lowest BCUT2D eigenvalue weighted by atomic mass is 10.2. The molecule has 4 heteroatoms. The maximum absolute atomic E-state index is 11.6. The average molecular weight is 227 g/mol. The lowest BCUT2D eigenvalue weighted by Gasteiger charge is -2.10. The van der Waals surface area contributed by atoms with Crippen LogP contribution in [0.1, 0.15) is 13.8 Å². The molecule has 0 amide bonds. The van der Waals surface area contributed by atoms with Gasteiger partial charge in [-0.3, -0.25) is 0 Å². The van der Waals surface area contributed by atoms with Crippen molar-refractivity contribution in [1.82, 2.24) is 4.31 Å². The molecule has 0 saturated carbocycles. The first-order valence-corrected chi connectivity index (χ1v) is 6.79. The molecule has 0 N–H and O–H groups in total. The van der Waals surface area contributed by atoms with E-state index in [0.717, 1.165) is 5.69 Å². The minimum absolute atomic E-state index is 0.305. The minimum atomic E-state index is -3.18. The van der Waals surface area contributed by atoms with Gasteiger partial charge in [-0.05, 0) is 4.31 Å². The Bertz CT molecular complexity index is 398. The average Bonchev–Trinajstić information content (AvgIpc) is 2.14. The van der Waals surface area contributed by atoms with Gasteiger partial charge in [0.2, 0.25) is 0 Å². The van der Waals surface area contributed by atoms with Crippen molar-refractivity contribution in [2.24, 2.45) is 5.92 Å². The number of benzene rings is 1. The van der Waals surface area contributed by atoms with Crippen LogP contribution in [0.25, 0.3) is 0 Å². The second-order valence-electron chi connectivity index (χ2n) is 4.02. The summed E-state index contributed by atoms with van der Waals surface area (Å²) in [5.74, 6) is 0.305. The highest BCUT2D eigenvalue weighted by Gasteiger charge is 2.30. The second-order valence-corrected chi connectivity index (χ2v) is 5.93. The molecule has 1 aromatic carbocycles. The molecule has 15 heavy (non-hydrogen) atoms. The van der Waals surface area contributed by atoms with Crippen LogP contribution < -0.4 is 4.31 Å². The van der Waals surface area contributed by atoms with E-state index in [2.05, 4.69) is 0 Å². The zero-order valence-electron chi connectivity index (χ0n) is 9.34. The summed E-state index contributed by atoms with van der Waals surface area (Å²) in [5.41, 5.74) is 0.730. The van der Waals surface area contributed by atoms with E-state index in [-0.39, 0.29) is 0 Å². The first-order chi connectivity index (χ1) is 6.91. The van der Waals surface area contributed by atoms with Gasteiger partial charge in [0.25, 0.3) is 0 Å². The third-order valence-electron chi connectivity index (χ3n) is 1.98. The van der Waals surface area contributed by atoms with Gasteiger partial charge in [-0.2, -0.15) is 8.42 Å². The highest BCUT2D eigenvalue weighted by molar-refractivity contribution is 7.89. The predicted molar refractivity (Wildman–Crippen MR) is 62.8 cm³/mol. The largest absolute Gasteiger partial charge is 0.344 e. The molecule has 0 aromatic heterocycles. The Morgan fingerprint density at radius 1 is 1.20 bits per heavy atom. The van der Waals surface area contributed by atoms with Crippen molar-refractivity contribution in [1.29, 1.82) is 0 Å². The van der Waals surface area contributed by atoms with E-state index in [4.69, 9.17) is 0 Å². The van der Waals surface area contributed by atoms with Crippen LogP contribution in [-0.2, 0) is 10.0 Å². The molecule has 0 aliphatic rings. The molecule has 0 heterocycles. The van der Waals surface area contributed by atoms with Crippen LogP contribution in [0.4, 0.5) is 5.69 Å². The molecule has 0 saturated heterocycles. The third kappa shape index (κ3) is 3.64. The summed E-state index contributed by atoms with van der Waals surface area (Å²) >= 11 is 0. The molecule has 3 nitrogen and oxygen atoms in total. The smallest absolute Gasteiger partial charge is 0.168 e. The number of para-hydroxylation sites is 1. The summed E-state index contributed by atoms with van der Waals surface area (Å²) < 4.78 is 24.6. The summed E-state index contributed by atoms with van der Waals surface area (Å²) in [6.45, 7) is 4.52. The van der Waals surface area contributed by atoms with Gasteiger partial charge >= 0.3 is 10.0 Å². The summed E-state index contributed by atoms with van der Waals surface area (Å²) in [4.78, 5) is 0. The summed E-state index contributed by atoms with van der Waals surface area (Å²) in [6, 6.07) is 9.17. The first kappa shape index (κ1) is 12.2. The normalized spacial score (nSPS) is 12.3. The van der Waals surface area contributed by atoms with Crippen LogP contribution in [0.2, 0.25) is 0 Å². The lowest BCUT2D eigenvalue weighted by Crippen LogP contribution is -2.34. The molecule has 1 radical (unpaired) electrons. The third-order valence-corrected chi connectivity index (χ3v) is 3.14. The van der Waals surface area contributed by atoms with Crippen LogP contribution in [0.3, 0.4) is 0 Å². The van der Waals surface area contributed by atoms with Crippen molar-refractivity contribution < 1.29 is 8.42 Å². The number of hydrogen-bond donors (Lipinski definition) is 0. The Balaban J connectivity index is 3.03. The van der Waals surface area contributed by atoms with E-state index in [1.54, 1.807) is 0 Å². The first-order valence-electron chi connectivity index (χ1n) is 4.94. The van der Waals surface area contributed by atoms with Crippen molar-refractivity contribution in [2.75, 3.05) is 12.8 Å². The summed E-state index contributed by atoms with van der Waals surface area (Å²) in [6.07, 6.45) is 1.24. The summed E-state index contributed by atoms with van der Waals surface area (Å²) in [7, 11) is -3.18. The van der Waals surface area contributed by atoms with Crippen LogP contribution in [0.5, 0.6) is 0 Å². The van der Waals surface area contributed by atoms with E-state index >= 15 is 0 Å². The van der Waals surface area contributed by atoms with E-state index in [0.29, 0.717) is 12.5 Å². The zero-order chi connectivity index (χ0) is 11.5. The fourth-order valence-electron chi connectivity index (χ4n) is 1.36. The van der Waals surface area contributed by atoms with Gasteiger partial charge in [0.15, 0.2) is 5.69 Å². The molecule has 83 valence electrons. The predicted octanol–water partition coefficient (Wildman–Crippen LogP) is 2.07. The molecule has 1 aromatic rings. The standard InChI is InChI=1S/C11H17NO2S/c1-10(2)9-12(15(3,13)14)11-7-5-4-6-8-11/h4-8,10H,9H2,1-3H3/q+1. The number of hydrogen-bond acceptors (Lipinski definition) is 2. The molecule has 0 bridgehead atoms. The van der Waals surface area contributed by atoms with Crippen molar-refractivity contribution >= 4 is 15.7 Å². The monoisotopic (exact) mass is 227 g/mol. The fourth-order valence-corrected chi connectivity index (χ4v) is 2.43. The molecule has 0 unspecified atom stereocenters. The second kappa shape index (κ2) is 4.77. The Morgan fingerprint density at radius 3 is 2.13 bits per heavy atom. The van der Waals surface area contributed by atoms with Gasteiger partial charge in [0, 0.05) is 18.1 Å². The zero-order valence-corrected chi connectivity index (χ0v) is 10.2. The van der Waals surface area contributed by atoms with E-state index in [1.165, 1.54) is 10.6 Å².